The summed E-state index contributed by atoms with van der Waals surface area (Å²) < 4.78 is 40.5. The normalized spacial score (nSPS) is 13.5. The Morgan fingerprint density at radius 3 is 2.75 bits per heavy atom. The SMILES string of the molecule is Cc1c(-c2nccs2)n(CC(O)C(F)(F)F)c2ccc3[nH]c(=O)cc(Cl)c3c12. The summed E-state index contributed by atoms with van der Waals surface area (Å²) in [5.41, 5.74) is 1.71. The zero-order valence-corrected chi connectivity index (χ0v) is 15.9. The first kappa shape index (κ1) is 19.0. The first-order valence-electron chi connectivity index (χ1n) is 8.17. The first-order valence-corrected chi connectivity index (χ1v) is 9.43. The Morgan fingerprint density at radius 2 is 2.11 bits per heavy atom. The van der Waals surface area contributed by atoms with Gasteiger partial charge in [-0.15, -0.1) is 11.3 Å². The fourth-order valence-electron chi connectivity index (χ4n) is 3.43. The lowest BCUT2D eigenvalue weighted by molar-refractivity contribution is -0.207. The summed E-state index contributed by atoms with van der Waals surface area (Å²) in [5, 5.41) is 13.3. The van der Waals surface area contributed by atoms with Gasteiger partial charge in [-0.1, -0.05) is 11.6 Å². The quantitative estimate of drug-likeness (QED) is 0.506. The average molecular weight is 428 g/mol. The molecule has 0 radical (unpaired) electrons. The summed E-state index contributed by atoms with van der Waals surface area (Å²) in [6, 6.07) is 4.43. The van der Waals surface area contributed by atoms with Crippen molar-refractivity contribution in [3.8, 4) is 10.7 Å². The molecule has 3 heterocycles. The number of aromatic amines is 1. The average Bonchev–Trinajstić information content (AvgIpc) is 3.21. The predicted molar refractivity (Wildman–Crippen MR) is 103 cm³/mol. The number of rotatable bonds is 3. The van der Waals surface area contributed by atoms with Crippen LogP contribution in [-0.4, -0.2) is 31.9 Å². The molecule has 0 spiro atoms. The zero-order chi connectivity index (χ0) is 20.2. The molecule has 0 aliphatic rings. The number of aliphatic hydroxyl groups excluding tert-OH is 1. The molecule has 3 aromatic heterocycles. The van der Waals surface area contributed by atoms with Crippen LogP contribution < -0.4 is 5.56 Å². The van der Waals surface area contributed by atoms with Gasteiger partial charge in [-0.3, -0.25) is 4.79 Å². The molecule has 28 heavy (non-hydrogen) atoms. The number of aryl methyl sites for hydroxylation is 1. The van der Waals surface area contributed by atoms with Crippen molar-refractivity contribution >= 4 is 44.7 Å². The van der Waals surface area contributed by atoms with E-state index in [1.165, 1.54) is 22.0 Å². The van der Waals surface area contributed by atoms with Gasteiger partial charge < -0.3 is 14.7 Å². The van der Waals surface area contributed by atoms with Gasteiger partial charge in [-0.25, -0.2) is 4.98 Å². The van der Waals surface area contributed by atoms with E-state index in [1.807, 2.05) is 0 Å². The van der Waals surface area contributed by atoms with E-state index in [1.54, 1.807) is 30.6 Å². The van der Waals surface area contributed by atoms with Crippen molar-refractivity contribution < 1.29 is 18.3 Å². The van der Waals surface area contributed by atoms with Crippen LogP contribution in [0.1, 0.15) is 5.56 Å². The second-order valence-electron chi connectivity index (χ2n) is 6.34. The number of thiazole rings is 1. The predicted octanol–water partition coefficient (Wildman–Crippen LogP) is 4.49. The van der Waals surface area contributed by atoms with Crippen LogP contribution in [0, 0.1) is 6.92 Å². The van der Waals surface area contributed by atoms with Gasteiger partial charge in [0.25, 0.3) is 0 Å². The molecule has 0 aliphatic carbocycles. The number of nitrogens with zero attached hydrogens (tertiary/aromatic N) is 2. The van der Waals surface area contributed by atoms with Crippen molar-refractivity contribution in [3.05, 3.63) is 50.7 Å². The highest BCUT2D eigenvalue weighted by Gasteiger charge is 2.39. The Kier molecular flexibility index (Phi) is 4.48. The van der Waals surface area contributed by atoms with Crippen LogP contribution in [0.5, 0.6) is 0 Å². The molecular formula is C18H13ClF3N3O2S. The number of nitrogens with one attached hydrogen (secondary N) is 1. The van der Waals surface area contributed by atoms with Crippen LogP contribution in [-0.2, 0) is 6.54 Å². The lowest BCUT2D eigenvalue weighted by atomic mass is 10.1. The van der Waals surface area contributed by atoms with Gasteiger partial charge in [-0.05, 0) is 24.6 Å². The lowest BCUT2D eigenvalue weighted by Gasteiger charge is -2.18. The monoisotopic (exact) mass is 427 g/mol. The van der Waals surface area contributed by atoms with E-state index >= 15 is 0 Å². The topological polar surface area (TPSA) is 70.9 Å². The lowest BCUT2D eigenvalue weighted by Crippen LogP contribution is -2.32. The Hall–Kier alpha value is -2.36. The minimum atomic E-state index is -4.76. The van der Waals surface area contributed by atoms with Crippen LogP contribution in [0.2, 0.25) is 5.02 Å². The maximum atomic E-state index is 13.0. The summed E-state index contributed by atoms with van der Waals surface area (Å²) in [4.78, 5) is 18.6. The highest BCUT2D eigenvalue weighted by Crippen LogP contribution is 2.40. The molecule has 0 saturated heterocycles. The number of aromatic nitrogens is 3. The summed E-state index contributed by atoms with van der Waals surface area (Å²) in [7, 11) is 0. The molecule has 4 aromatic rings. The number of aliphatic hydroxyl groups is 1. The number of H-pyrrole nitrogens is 1. The summed E-state index contributed by atoms with van der Waals surface area (Å²) in [6.07, 6.45) is -5.74. The number of hydrogen-bond donors (Lipinski definition) is 2. The van der Waals surface area contributed by atoms with Crippen LogP contribution in [0.15, 0.2) is 34.6 Å². The number of halogens is 4. The third-order valence-electron chi connectivity index (χ3n) is 4.60. The number of alkyl halides is 3. The van der Waals surface area contributed by atoms with E-state index in [0.717, 1.165) is 0 Å². The Bertz CT molecular complexity index is 1250. The zero-order valence-electron chi connectivity index (χ0n) is 14.3. The molecule has 0 aliphatic heterocycles. The number of pyridine rings is 1. The van der Waals surface area contributed by atoms with Crippen LogP contribution in [0.4, 0.5) is 13.2 Å². The molecule has 1 aromatic carbocycles. The number of fused-ring (bicyclic) bond motifs is 3. The van der Waals surface area contributed by atoms with Gasteiger partial charge in [0.15, 0.2) is 6.10 Å². The van der Waals surface area contributed by atoms with Gasteiger partial charge >= 0.3 is 6.18 Å². The summed E-state index contributed by atoms with van der Waals surface area (Å²) >= 11 is 7.59. The fourth-order valence-corrected chi connectivity index (χ4v) is 4.47. The maximum absolute atomic E-state index is 13.0. The summed E-state index contributed by atoms with van der Waals surface area (Å²) in [5.74, 6) is 0. The Morgan fingerprint density at radius 1 is 1.36 bits per heavy atom. The van der Waals surface area contributed by atoms with Gasteiger partial charge in [0.05, 0.1) is 22.8 Å². The van der Waals surface area contributed by atoms with E-state index in [2.05, 4.69) is 9.97 Å². The maximum Gasteiger partial charge on any atom is 0.416 e. The molecule has 10 heteroatoms. The van der Waals surface area contributed by atoms with Gasteiger partial charge in [0.2, 0.25) is 5.56 Å². The van der Waals surface area contributed by atoms with Crippen molar-refractivity contribution in [2.45, 2.75) is 25.7 Å². The third kappa shape index (κ3) is 2.99. The second kappa shape index (κ2) is 6.61. The molecule has 0 bridgehead atoms. The van der Waals surface area contributed by atoms with E-state index in [9.17, 15) is 23.1 Å². The van der Waals surface area contributed by atoms with Crippen molar-refractivity contribution in [2.75, 3.05) is 0 Å². The van der Waals surface area contributed by atoms with Gasteiger partial charge in [0, 0.05) is 33.9 Å². The Labute approximate surface area is 165 Å². The van der Waals surface area contributed by atoms with Gasteiger partial charge in [0.1, 0.15) is 5.01 Å². The highest BCUT2D eigenvalue weighted by atomic mass is 35.5. The largest absolute Gasteiger partial charge is 0.416 e. The highest BCUT2D eigenvalue weighted by molar-refractivity contribution is 7.13. The van der Waals surface area contributed by atoms with Crippen molar-refractivity contribution in [3.63, 3.8) is 0 Å². The molecule has 1 atom stereocenters. The molecule has 4 rings (SSSR count). The summed E-state index contributed by atoms with van der Waals surface area (Å²) in [6.45, 7) is 1.08. The van der Waals surface area contributed by atoms with E-state index in [0.29, 0.717) is 38.1 Å². The van der Waals surface area contributed by atoms with Crippen molar-refractivity contribution in [2.24, 2.45) is 0 Å². The fraction of sp³-hybridized carbons (Fsp3) is 0.222. The standard InChI is InChI=1S/C18H13ClF3N3O2S/c1-8-14-11(3-2-10-15(14)9(19)6-13(27)24-10)25(7-12(26)18(20,21)22)16(8)17-23-4-5-28-17/h2-6,12,26H,7H2,1H3,(H,24,27). The number of hydrogen-bond acceptors (Lipinski definition) is 4. The van der Waals surface area contributed by atoms with Crippen molar-refractivity contribution in [1.29, 1.82) is 0 Å². The smallest absolute Gasteiger partial charge is 0.382 e. The molecule has 146 valence electrons. The van der Waals surface area contributed by atoms with Gasteiger partial charge in [-0.2, -0.15) is 13.2 Å². The molecule has 5 nitrogen and oxygen atoms in total. The van der Waals surface area contributed by atoms with E-state index in [-0.39, 0.29) is 10.6 Å². The first-order chi connectivity index (χ1) is 13.2. The number of benzene rings is 1. The van der Waals surface area contributed by atoms with Crippen molar-refractivity contribution in [1.82, 2.24) is 14.5 Å². The Balaban J connectivity index is 2.10. The molecular weight excluding hydrogens is 415 g/mol. The van der Waals surface area contributed by atoms with E-state index < -0.39 is 18.8 Å². The second-order valence-corrected chi connectivity index (χ2v) is 7.64. The molecule has 0 amide bonds. The minimum absolute atomic E-state index is 0.201. The molecule has 0 saturated carbocycles. The molecule has 0 fully saturated rings. The van der Waals surface area contributed by atoms with Crippen LogP contribution in [0.25, 0.3) is 32.5 Å². The minimum Gasteiger partial charge on any atom is -0.382 e. The molecule has 1 unspecified atom stereocenters. The molecule has 2 N–H and O–H groups in total. The van der Waals surface area contributed by atoms with Crippen LogP contribution >= 0.6 is 22.9 Å². The van der Waals surface area contributed by atoms with Crippen LogP contribution in [0.3, 0.4) is 0 Å². The third-order valence-corrected chi connectivity index (χ3v) is 5.67. The van der Waals surface area contributed by atoms with E-state index in [4.69, 9.17) is 11.6 Å².